The Morgan fingerprint density at radius 2 is 1.95 bits per heavy atom. The molecule has 0 radical (unpaired) electrons. The molecule has 0 saturated heterocycles. The number of hydrogen-bond acceptors (Lipinski definition) is 4. The maximum atomic E-state index is 13.4. The van der Waals surface area contributed by atoms with Gasteiger partial charge in [-0.1, -0.05) is 13.0 Å². The second-order valence-electron chi connectivity index (χ2n) is 4.44. The molecule has 1 amide bonds. The van der Waals surface area contributed by atoms with E-state index in [1.54, 1.807) is 20.8 Å². The molecule has 0 aliphatic rings. The minimum Gasteiger partial charge on any atom is -0.464 e. The SMILES string of the molecule is CCOC(=O)C(NC(=O)c1ccc(C)c(F)c1)C(=O)CC. The van der Waals surface area contributed by atoms with Gasteiger partial charge in [-0.3, -0.25) is 9.59 Å². The molecule has 0 heterocycles. The molecule has 1 rings (SSSR count). The van der Waals surface area contributed by atoms with E-state index in [-0.39, 0.29) is 18.6 Å². The number of hydrogen-bond donors (Lipinski definition) is 1. The van der Waals surface area contributed by atoms with E-state index in [0.29, 0.717) is 5.56 Å². The Balaban J connectivity index is 2.91. The summed E-state index contributed by atoms with van der Waals surface area (Å²) in [7, 11) is 0. The average Bonchev–Trinajstić information content (AvgIpc) is 2.46. The number of ketones is 1. The van der Waals surface area contributed by atoms with Gasteiger partial charge in [0.15, 0.2) is 11.8 Å². The van der Waals surface area contributed by atoms with Gasteiger partial charge in [0.2, 0.25) is 0 Å². The molecule has 6 heteroatoms. The number of benzene rings is 1. The third kappa shape index (κ3) is 4.37. The average molecular weight is 295 g/mol. The van der Waals surface area contributed by atoms with Gasteiger partial charge in [0, 0.05) is 12.0 Å². The number of ether oxygens (including phenoxy) is 1. The fourth-order valence-electron chi connectivity index (χ4n) is 1.65. The van der Waals surface area contributed by atoms with Crippen LogP contribution in [0.2, 0.25) is 0 Å². The van der Waals surface area contributed by atoms with Crippen molar-refractivity contribution in [3.8, 4) is 0 Å². The van der Waals surface area contributed by atoms with Gasteiger partial charge in [-0.25, -0.2) is 9.18 Å². The van der Waals surface area contributed by atoms with Gasteiger partial charge in [0.25, 0.3) is 5.91 Å². The number of halogens is 1. The Morgan fingerprint density at radius 1 is 1.29 bits per heavy atom. The predicted octanol–water partition coefficient (Wildman–Crippen LogP) is 1.77. The summed E-state index contributed by atoms with van der Waals surface area (Å²) in [6, 6.07) is 2.56. The van der Waals surface area contributed by atoms with Gasteiger partial charge in [-0.15, -0.1) is 0 Å². The topological polar surface area (TPSA) is 72.5 Å². The zero-order valence-electron chi connectivity index (χ0n) is 12.2. The van der Waals surface area contributed by atoms with E-state index in [0.717, 1.165) is 6.07 Å². The number of aryl methyl sites for hydroxylation is 1. The smallest absolute Gasteiger partial charge is 0.336 e. The van der Waals surface area contributed by atoms with Crippen molar-refractivity contribution in [3.63, 3.8) is 0 Å². The van der Waals surface area contributed by atoms with E-state index in [1.807, 2.05) is 0 Å². The molecule has 0 fully saturated rings. The van der Waals surface area contributed by atoms with Crippen LogP contribution in [0.25, 0.3) is 0 Å². The number of carbonyl (C=O) groups is 3. The maximum absolute atomic E-state index is 13.4. The lowest BCUT2D eigenvalue weighted by Crippen LogP contribution is -2.47. The number of Topliss-reactive ketones (excluding diaryl/α,β-unsaturated/α-hetero) is 1. The van der Waals surface area contributed by atoms with Gasteiger partial charge >= 0.3 is 5.97 Å². The van der Waals surface area contributed by atoms with Crippen molar-refractivity contribution in [1.29, 1.82) is 0 Å². The Morgan fingerprint density at radius 3 is 2.48 bits per heavy atom. The Kier molecular flexibility index (Phi) is 6.02. The highest BCUT2D eigenvalue weighted by Crippen LogP contribution is 2.09. The van der Waals surface area contributed by atoms with Crippen LogP contribution in [-0.4, -0.2) is 30.3 Å². The van der Waals surface area contributed by atoms with E-state index in [2.05, 4.69) is 5.32 Å². The largest absolute Gasteiger partial charge is 0.464 e. The van der Waals surface area contributed by atoms with Crippen LogP contribution in [-0.2, 0) is 14.3 Å². The van der Waals surface area contributed by atoms with E-state index in [9.17, 15) is 18.8 Å². The molecular formula is C15H18FNO4. The lowest BCUT2D eigenvalue weighted by molar-refractivity contribution is -0.148. The molecule has 0 aliphatic heterocycles. The van der Waals surface area contributed by atoms with Crippen molar-refractivity contribution in [2.75, 3.05) is 6.61 Å². The number of esters is 1. The lowest BCUT2D eigenvalue weighted by Gasteiger charge is -2.15. The van der Waals surface area contributed by atoms with E-state index < -0.39 is 29.5 Å². The van der Waals surface area contributed by atoms with E-state index in [4.69, 9.17) is 4.74 Å². The summed E-state index contributed by atoms with van der Waals surface area (Å²) in [4.78, 5) is 35.4. The summed E-state index contributed by atoms with van der Waals surface area (Å²) in [5.41, 5.74) is 0.439. The summed E-state index contributed by atoms with van der Waals surface area (Å²) in [6.07, 6.45) is 0.0754. The lowest BCUT2D eigenvalue weighted by atomic mass is 10.1. The van der Waals surface area contributed by atoms with Crippen LogP contribution in [0, 0.1) is 12.7 Å². The second kappa shape index (κ2) is 7.52. The first kappa shape index (κ1) is 16.8. The van der Waals surface area contributed by atoms with Crippen LogP contribution in [0.1, 0.15) is 36.2 Å². The minimum atomic E-state index is -1.37. The molecule has 1 unspecified atom stereocenters. The van der Waals surface area contributed by atoms with Crippen molar-refractivity contribution < 1.29 is 23.5 Å². The summed E-state index contributed by atoms with van der Waals surface area (Å²) in [5, 5.41) is 2.29. The quantitative estimate of drug-likeness (QED) is 0.641. The molecule has 1 N–H and O–H groups in total. The molecule has 21 heavy (non-hydrogen) atoms. The normalized spacial score (nSPS) is 11.6. The maximum Gasteiger partial charge on any atom is 0.336 e. The summed E-state index contributed by atoms with van der Waals surface area (Å²) < 4.78 is 18.2. The third-order valence-corrected chi connectivity index (χ3v) is 2.90. The molecule has 1 atom stereocenters. The minimum absolute atomic E-state index is 0.0382. The van der Waals surface area contributed by atoms with Crippen LogP contribution in [0.5, 0.6) is 0 Å². The van der Waals surface area contributed by atoms with Crippen LogP contribution in [0.4, 0.5) is 4.39 Å². The first-order valence-electron chi connectivity index (χ1n) is 6.67. The highest BCUT2D eigenvalue weighted by Gasteiger charge is 2.28. The first-order chi connectivity index (χ1) is 9.90. The fraction of sp³-hybridized carbons (Fsp3) is 0.400. The van der Waals surface area contributed by atoms with Crippen LogP contribution in [0.15, 0.2) is 18.2 Å². The molecule has 114 valence electrons. The second-order valence-corrected chi connectivity index (χ2v) is 4.44. The van der Waals surface area contributed by atoms with Crippen molar-refractivity contribution in [1.82, 2.24) is 5.32 Å². The summed E-state index contributed by atoms with van der Waals surface area (Å²) in [5.74, 6) is -2.51. The Hall–Kier alpha value is -2.24. The van der Waals surface area contributed by atoms with Crippen molar-refractivity contribution >= 4 is 17.7 Å². The van der Waals surface area contributed by atoms with Gasteiger partial charge in [0.1, 0.15) is 5.82 Å². The fourth-order valence-corrected chi connectivity index (χ4v) is 1.65. The van der Waals surface area contributed by atoms with Gasteiger partial charge in [-0.2, -0.15) is 0 Å². The number of amides is 1. The standard InChI is InChI=1S/C15H18FNO4/c1-4-12(18)13(15(20)21-5-2)17-14(19)10-7-6-9(3)11(16)8-10/h6-8,13H,4-5H2,1-3H3,(H,17,19). The monoisotopic (exact) mass is 295 g/mol. The van der Waals surface area contributed by atoms with Gasteiger partial charge < -0.3 is 10.1 Å². The Labute approximate surface area is 122 Å². The van der Waals surface area contributed by atoms with Crippen molar-refractivity contribution in [3.05, 3.63) is 35.1 Å². The van der Waals surface area contributed by atoms with Crippen molar-refractivity contribution in [2.24, 2.45) is 0 Å². The Bertz CT molecular complexity index is 557. The number of carbonyl (C=O) groups excluding carboxylic acids is 3. The third-order valence-electron chi connectivity index (χ3n) is 2.90. The molecule has 1 aromatic carbocycles. The van der Waals surface area contributed by atoms with Crippen LogP contribution in [0.3, 0.4) is 0 Å². The first-order valence-corrected chi connectivity index (χ1v) is 6.67. The van der Waals surface area contributed by atoms with Crippen LogP contribution < -0.4 is 5.32 Å². The highest BCUT2D eigenvalue weighted by atomic mass is 19.1. The molecule has 0 spiro atoms. The molecule has 0 saturated carbocycles. The number of rotatable bonds is 6. The zero-order chi connectivity index (χ0) is 16.0. The molecule has 1 aromatic rings. The zero-order valence-corrected chi connectivity index (χ0v) is 12.2. The molecule has 0 aromatic heterocycles. The van der Waals surface area contributed by atoms with Crippen molar-refractivity contribution in [2.45, 2.75) is 33.2 Å². The van der Waals surface area contributed by atoms with E-state index >= 15 is 0 Å². The number of nitrogens with one attached hydrogen (secondary N) is 1. The highest BCUT2D eigenvalue weighted by molar-refractivity contribution is 6.08. The molecular weight excluding hydrogens is 277 g/mol. The van der Waals surface area contributed by atoms with Gasteiger partial charge in [0.05, 0.1) is 6.61 Å². The predicted molar refractivity (Wildman–Crippen MR) is 74.3 cm³/mol. The van der Waals surface area contributed by atoms with E-state index in [1.165, 1.54) is 12.1 Å². The molecule has 0 bridgehead atoms. The summed E-state index contributed by atoms with van der Waals surface area (Å²) >= 11 is 0. The van der Waals surface area contributed by atoms with Gasteiger partial charge in [-0.05, 0) is 31.5 Å². The summed E-state index contributed by atoms with van der Waals surface area (Å²) in [6.45, 7) is 4.84. The molecule has 0 aliphatic carbocycles. The van der Waals surface area contributed by atoms with Crippen LogP contribution >= 0.6 is 0 Å². The molecule has 5 nitrogen and oxygen atoms in total.